The highest BCUT2D eigenvalue weighted by Crippen LogP contribution is 2.32. The molecule has 0 unspecified atom stereocenters. The Labute approximate surface area is 226 Å². The quantitative estimate of drug-likeness (QED) is 0.355. The van der Waals surface area contributed by atoms with Gasteiger partial charge in [0.25, 0.3) is 5.91 Å². The molecule has 36 heavy (non-hydrogen) atoms. The molecular weight excluding hydrogens is 520 g/mol. The summed E-state index contributed by atoms with van der Waals surface area (Å²) in [6.07, 6.45) is 6.02. The topological polar surface area (TPSA) is 61.7 Å². The van der Waals surface area contributed by atoms with Gasteiger partial charge in [-0.2, -0.15) is 0 Å². The number of piperidine rings is 1. The number of aromatic nitrogens is 2. The first-order valence-corrected chi connectivity index (χ1v) is 12.8. The lowest BCUT2D eigenvalue weighted by Crippen LogP contribution is -2.43. The van der Waals surface area contributed by atoms with Gasteiger partial charge in [-0.15, -0.1) is 24.8 Å². The number of likely N-dealkylation sites (tertiary alicyclic amines) is 1. The van der Waals surface area contributed by atoms with E-state index >= 15 is 0 Å². The lowest BCUT2D eigenvalue weighted by atomic mass is 10.0. The van der Waals surface area contributed by atoms with Crippen molar-refractivity contribution in [1.29, 1.82) is 0 Å². The Bertz CT molecular complexity index is 1380. The van der Waals surface area contributed by atoms with Crippen LogP contribution in [0.4, 0.5) is 4.39 Å². The van der Waals surface area contributed by atoms with Crippen LogP contribution < -0.4 is 10.6 Å². The minimum Gasteiger partial charge on any atom is -0.349 e. The Morgan fingerprint density at radius 1 is 1.14 bits per heavy atom. The number of rotatable bonds is 4. The van der Waals surface area contributed by atoms with Crippen LogP contribution in [0.25, 0.3) is 26.4 Å². The molecule has 4 aromatic rings. The van der Waals surface area contributed by atoms with Crippen LogP contribution in [0.2, 0.25) is 0 Å². The van der Waals surface area contributed by atoms with E-state index in [9.17, 15) is 9.18 Å². The number of benzene rings is 2. The number of carbonyl (C=O) groups is 1. The van der Waals surface area contributed by atoms with Gasteiger partial charge in [-0.3, -0.25) is 9.20 Å². The lowest BCUT2D eigenvalue weighted by molar-refractivity contribution is 0.0917. The third-order valence-corrected chi connectivity index (χ3v) is 8.16. The van der Waals surface area contributed by atoms with Crippen molar-refractivity contribution in [2.45, 2.75) is 37.8 Å². The van der Waals surface area contributed by atoms with E-state index in [1.165, 1.54) is 11.3 Å². The van der Waals surface area contributed by atoms with Gasteiger partial charge in [0.15, 0.2) is 4.96 Å². The summed E-state index contributed by atoms with van der Waals surface area (Å²) in [5, 5.41) is 6.60. The molecule has 0 saturated carbocycles. The van der Waals surface area contributed by atoms with Gasteiger partial charge in [0.1, 0.15) is 5.82 Å². The van der Waals surface area contributed by atoms with Crippen LogP contribution in [-0.4, -0.2) is 52.9 Å². The number of hydrogen-bond donors (Lipinski definition) is 2. The Kier molecular flexibility index (Phi) is 8.22. The number of nitrogens with zero attached hydrogens (tertiary/aromatic N) is 3. The van der Waals surface area contributed by atoms with Gasteiger partial charge in [-0.05, 0) is 88.3 Å². The molecule has 2 saturated heterocycles. The van der Waals surface area contributed by atoms with Crippen LogP contribution >= 0.6 is 36.2 Å². The summed E-state index contributed by atoms with van der Waals surface area (Å²) in [7, 11) is 2.11. The molecule has 6 nitrogen and oxygen atoms in total. The fraction of sp³-hybridized carbons (Fsp3) is 0.385. The van der Waals surface area contributed by atoms with Crippen LogP contribution in [0.15, 0.2) is 42.6 Å². The zero-order valence-corrected chi connectivity index (χ0v) is 22.4. The number of imidazole rings is 1. The molecule has 2 fully saturated rings. The number of carbonyl (C=O) groups excluding carboxylic acids is 1. The maximum atomic E-state index is 15.0. The summed E-state index contributed by atoms with van der Waals surface area (Å²) in [5.41, 5.74) is 3.77. The predicted molar refractivity (Wildman–Crippen MR) is 148 cm³/mol. The monoisotopic (exact) mass is 549 g/mol. The maximum Gasteiger partial charge on any atom is 0.251 e. The molecule has 2 aliphatic rings. The average Bonchev–Trinajstić information content (AvgIpc) is 3.57. The Balaban J connectivity index is 0.00000152. The molecule has 2 aromatic heterocycles. The molecule has 0 spiro atoms. The van der Waals surface area contributed by atoms with Gasteiger partial charge < -0.3 is 15.5 Å². The van der Waals surface area contributed by atoms with E-state index in [-0.39, 0.29) is 48.6 Å². The fourth-order valence-corrected chi connectivity index (χ4v) is 6.17. The molecule has 4 heterocycles. The number of halogens is 3. The first-order chi connectivity index (χ1) is 16.5. The summed E-state index contributed by atoms with van der Waals surface area (Å²) in [6, 6.07) is 11.7. The Morgan fingerprint density at radius 3 is 2.67 bits per heavy atom. The van der Waals surface area contributed by atoms with E-state index in [1.54, 1.807) is 6.07 Å². The van der Waals surface area contributed by atoms with Gasteiger partial charge in [0.2, 0.25) is 0 Å². The summed E-state index contributed by atoms with van der Waals surface area (Å²) in [5.74, 6) is -0.267. The van der Waals surface area contributed by atoms with Crippen molar-refractivity contribution in [1.82, 2.24) is 24.9 Å². The molecule has 0 radical (unpaired) electrons. The van der Waals surface area contributed by atoms with Gasteiger partial charge >= 0.3 is 0 Å². The third kappa shape index (κ3) is 5.10. The molecule has 0 bridgehead atoms. The Hall–Kier alpha value is -2.23. The number of amides is 1. The highest BCUT2D eigenvalue weighted by atomic mass is 35.5. The molecule has 10 heteroatoms. The number of nitrogens with one attached hydrogen (secondary N) is 2. The lowest BCUT2D eigenvalue weighted by Gasteiger charge is -2.29. The van der Waals surface area contributed by atoms with Crippen molar-refractivity contribution < 1.29 is 9.18 Å². The van der Waals surface area contributed by atoms with Crippen LogP contribution in [0.1, 0.15) is 47.6 Å². The SMILES string of the molecule is CN1CCC(NC(=O)c2ccc3c(c2)sc2nc(-c4ccc([C@@H]5CCCN5)cc4F)cn23)CC1.Cl.Cl. The second kappa shape index (κ2) is 11.0. The standard InChI is InChI=1S/C26H28FN5OS.2ClH/c1-31-11-8-18(9-12-31)29-25(33)17-5-7-23-24(14-17)34-26-30-22(15-32(23)26)19-6-4-16(13-20(19)27)21-3-2-10-28-21;;/h4-7,13-15,18,21,28H,2-3,8-12H2,1H3,(H,29,33);2*1H/t21-;;/m0../s1. The highest BCUT2D eigenvalue weighted by molar-refractivity contribution is 7.23. The summed E-state index contributed by atoms with van der Waals surface area (Å²) < 4.78 is 18.0. The largest absolute Gasteiger partial charge is 0.349 e. The number of fused-ring (bicyclic) bond motifs is 3. The second-order valence-corrected chi connectivity index (χ2v) is 10.5. The van der Waals surface area contributed by atoms with Gasteiger partial charge in [0, 0.05) is 29.4 Å². The number of thiazole rings is 1. The van der Waals surface area contributed by atoms with E-state index in [2.05, 4.69) is 22.6 Å². The van der Waals surface area contributed by atoms with E-state index < -0.39 is 0 Å². The normalized spacial score (nSPS) is 18.8. The van der Waals surface area contributed by atoms with E-state index in [1.807, 2.05) is 40.9 Å². The van der Waals surface area contributed by atoms with Crippen LogP contribution in [0.5, 0.6) is 0 Å². The van der Waals surface area contributed by atoms with Gasteiger partial charge in [0.05, 0.1) is 15.9 Å². The fourth-order valence-electron chi connectivity index (χ4n) is 5.12. The van der Waals surface area contributed by atoms with Crippen molar-refractivity contribution in [3.63, 3.8) is 0 Å². The molecule has 1 atom stereocenters. The minimum atomic E-state index is -0.242. The molecule has 0 aliphatic carbocycles. The molecule has 2 aromatic carbocycles. The van der Waals surface area contributed by atoms with Crippen molar-refractivity contribution >= 4 is 57.2 Å². The van der Waals surface area contributed by atoms with Gasteiger partial charge in [-0.1, -0.05) is 17.4 Å². The van der Waals surface area contributed by atoms with Crippen molar-refractivity contribution in [2.24, 2.45) is 0 Å². The zero-order valence-electron chi connectivity index (χ0n) is 20.0. The molecule has 2 aliphatic heterocycles. The maximum absolute atomic E-state index is 15.0. The minimum absolute atomic E-state index is 0. The van der Waals surface area contributed by atoms with Crippen molar-refractivity contribution in [3.05, 3.63) is 59.5 Å². The summed E-state index contributed by atoms with van der Waals surface area (Å²) in [6.45, 7) is 3.00. The first-order valence-electron chi connectivity index (χ1n) is 12.0. The smallest absolute Gasteiger partial charge is 0.251 e. The summed E-state index contributed by atoms with van der Waals surface area (Å²) in [4.78, 5) is 20.6. The Morgan fingerprint density at radius 2 is 1.94 bits per heavy atom. The first kappa shape index (κ1) is 26.8. The molecular formula is C26H30Cl2FN5OS. The van der Waals surface area contributed by atoms with E-state index in [0.29, 0.717) is 16.8 Å². The van der Waals surface area contributed by atoms with E-state index in [0.717, 1.165) is 66.1 Å². The second-order valence-electron chi connectivity index (χ2n) is 9.50. The van der Waals surface area contributed by atoms with Crippen LogP contribution in [0.3, 0.4) is 0 Å². The van der Waals surface area contributed by atoms with Crippen molar-refractivity contribution in [3.8, 4) is 11.3 Å². The van der Waals surface area contributed by atoms with Crippen molar-refractivity contribution in [2.75, 3.05) is 26.7 Å². The molecule has 2 N–H and O–H groups in total. The highest BCUT2D eigenvalue weighted by Gasteiger charge is 2.21. The molecule has 192 valence electrons. The van der Waals surface area contributed by atoms with Crippen LogP contribution in [-0.2, 0) is 0 Å². The average molecular weight is 551 g/mol. The van der Waals surface area contributed by atoms with Gasteiger partial charge in [-0.25, -0.2) is 9.37 Å². The zero-order chi connectivity index (χ0) is 23.2. The van der Waals surface area contributed by atoms with Crippen LogP contribution in [0, 0.1) is 5.82 Å². The van der Waals surface area contributed by atoms with E-state index in [4.69, 9.17) is 4.98 Å². The third-order valence-electron chi connectivity index (χ3n) is 7.14. The summed E-state index contributed by atoms with van der Waals surface area (Å²) >= 11 is 1.52. The number of hydrogen-bond acceptors (Lipinski definition) is 5. The predicted octanol–water partition coefficient (Wildman–Crippen LogP) is 5.45. The molecule has 1 amide bonds. The molecule has 6 rings (SSSR count).